The third-order valence-corrected chi connectivity index (χ3v) is 9.09. The summed E-state index contributed by atoms with van der Waals surface area (Å²) in [6, 6.07) is 0. The van der Waals surface area contributed by atoms with E-state index in [1.165, 1.54) is 0 Å². The highest BCUT2D eigenvalue weighted by atomic mass is 15.3. The van der Waals surface area contributed by atoms with Crippen molar-refractivity contribution >= 4 is 0 Å². The molecule has 48 heavy (non-hydrogen) atoms. The average Bonchev–Trinajstić information content (AvgIpc) is 3.11. The molecule has 0 bridgehead atoms. The molecule has 0 rings (SSSR count). The Labute approximate surface area is 296 Å². The molecule has 14 heteroatoms. The second kappa shape index (κ2) is 36.2. The molecule has 0 aliphatic rings. The number of hydrogen-bond donors (Lipinski definition) is 8. The first kappa shape index (κ1) is 47.4. The lowest BCUT2D eigenvalue weighted by molar-refractivity contribution is 0.135. The minimum absolute atomic E-state index is 0.718. The summed E-state index contributed by atoms with van der Waals surface area (Å²) in [5.41, 5.74) is 47.1. The van der Waals surface area contributed by atoms with Gasteiger partial charge in [0.05, 0.1) is 0 Å². The molecule has 0 amide bonds. The molecule has 16 N–H and O–H groups in total. The number of nitrogens with zero attached hydrogens (tertiary/aromatic N) is 6. The molecule has 0 spiro atoms. The Morgan fingerprint density at radius 3 is 0.375 bits per heavy atom. The summed E-state index contributed by atoms with van der Waals surface area (Å²) in [6.07, 6.45) is 8.11. The molecule has 290 valence electrons. The average molecular weight is 689 g/mol. The van der Waals surface area contributed by atoms with Crippen LogP contribution in [0.1, 0.15) is 51.4 Å². The van der Waals surface area contributed by atoms with Crippen molar-refractivity contribution in [2.45, 2.75) is 51.4 Å². The van der Waals surface area contributed by atoms with E-state index in [9.17, 15) is 0 Å². The largest absolute Gasteiger partial charge is 0.330 e. The first-order valence-corrected chi connectivity index (χ1v) is 19.5. The molecule has 0 aromatic heterocycles. The van der Waals surface area contributed by atoms with E-state index in [1.54, 1.807) is 0 Å². The van der Waals surface area contributed by atoms with Crippen molar-refractivity contribution in [2.75, 3.05) is 170 Å². The summed E-state index contributed by atoms with van der Waals surface area (Å²) < 4.78 is 0. The zero-order valence-electron chi connectivity index (χ0n) is 31.3. The van der Waals surface area contributed by atoms with Crippen molar-refractivity contribution in [2.24, 2.45) is 45.9 Å². The molecule has 0 unspecified atom stereocenters. The standard InChI is InChI=1S/C34H84N14/c35-9-1-17-43(18-2-10-36)25-29-47(30-26-44(19-3-11-37)20-4-12-38)33-34-48(31-27-45(21-5-13-39)22-6-14-40)32-28-46(23-7-15-41)24-8-16-42/h1-42H2. The number of hydrogen-bond acceptors (Lipinski definition) is 14. The minimum Gasteiger partial charge on any atom is -0.330 e. The van der Waals surface area contributed by atoms with Gasteiger partial charge in [0, 0.05) is 65.4 Å². The maximum Gasteiger partial charge on any atom is 0.0110 e. The quantitative estimate of drug-likeness (QED) is 0.0337. The Kier molecular flexibility index (Phi) is 35.8. The minimum atomic E-state index is 0.718. The Balaban J connectivity index is 5.80. The fourth-order valence-electron chi connectivity index (χ4n) is 5.95. The lowest BCUT2D eigenvalue weighted by atomic mass is 10.2. The second-order valence-corrected chi connectivity index (χ2v) is 13.2. The third-order valence-electron chi connectivity index (χ3n) is 9.09. The highest BCUT2D eigenvalue weighted by Crippen LogP contribution is 2.04. The van der Waals surface area contributed by atoms with Gasteiger partial charge in [-0.25, -0.2) is 0 Å². The van der Waals surface area contributed by atoms with E-state index in [0.717, 1.165) is 222 Å². The molecule has 0 radical (unpaired) electrons. The van der Waals surface area contributed by atoms with Crippen LogP contribution in [0.25, 0.3) is 0 Å². The van der Waals surface area contributed by atoms with Crippen LogP contribution < -0.4 is 45.9 Å². The predicted octanol–water partition coefficient (Wildman–Crippen LogP) is -2.41. The summed E-state index contributed by atoms with van der Waals surface area (Å²) in [5.74, 6) is 0. The zero-order valence-corrected chi connectivity index (χ0v) is 31.3. The summed E-state index contributed by atoms with van der Waals surface area (Å²) >= 11 is 0. The molecule has 0 heterocycles. The maximum atomic E-state index is 5.89. The lowest BCUT2D eigenvalue weighted by Crippen LogP contribution is -2.46. The van der Waals surface area contributed by atoms with E-state index < -0.39 is 0 Å². The maximum absolute atomic E-state index is 5.89. The van der Waals surface area contributed by atoms with Crippen LogP contribution in [0, 0.1) is 0 Å². The van der Waals surface area contributed by atoms with E-state index in [2.05, 4.69) is 29.4 Å². The van der Waals surface area contributed by atoms with Crippen LogP contribution >= 0.6 is 0 Å². The van der Waals surface area contributed by atoms with Crippen molar-refractivity contribution in [3.05, 3.63) is 0 Å². The highest BCUT2D eigenvalue weighted by molar-refractivity contribution is 4.73. The van der Waals surface area contributed by atoms with E-state index in [0.29, 0.717) is 0 Å². The van der Waals surface area contributed by atoms with Crippen LogP contribution in [0.3, 0.4) is 0 Å². The van der Waals surface area contributed by atoms with Gasteiger partial charge in [-0.2, -0.15) is 0 Å². The van der Waals surface area contributed by atoms with Crippen molar-refractivity contribution in [1.29, 1.82) is 0 Å². The van der Waals surface area contributed by atoms with Gasteiger partial charge >= 0.3 is 0 Å². The van der Waals surface area contributed by atoms with Gasteiger partial charge in [0.25, 0.3) is 0 Å². The Morgan fingerprint density at radius 1 is 0.167 bits per heavy atom. The van der Waals surface area contributed by atoms with Gasteiger partial charge < -0.3 is 65.5 Å². The smallest absolute Gasteiger partial charge is 0.0110 e. The molecule has 0 aliphatic heterocycles. The topological polar surface area (TPSA) is 228 Å². The van der Waals surface area contributed by atoms with Crippen LogP contribution in [0.2, 0.25) is 0 Å². The van der Waals surface area contributed by atoms with Gasteiger partial charge in [-0.05, 0) is 156 Å². The second-order valence-electron chi connectivity index (χ2n) is 13.2. The van der Waals surface area contributed by atoms with Crippen LogP contribution in [0.4, 0.5) is 0 Å². The van der Waals surface area contributed by atoms with Crippen molar-refractivity contribution in [3.8, 4) is 0 Å². The first-order chi connectivity index (χ1) is 23.5. The number of nitrogens with two attached hydrogens (primary N) is 8. The normalized spacial score (nSPS) is 12.4. The van der Waals surface area contributed by atoms with Gasteiger partial charge in [-0.1, -0.05) is 0 Å². The molecule has 0 fully saturated rings. The van der Waals surface area contributed by atoms with Crippen LogP contribution in [-0.4, -0.2) is 200 Å². The fraction of sp³-hybridized carbons (Fsp3) is 1.00. The van der Waals surface area contributed by atoms with Gasteiger partial charge in [-0.15, -0.1) is 0 Å². The van der Waals surface area contributed by atoms with E-state index in [-0.39, 0.29) is 0 Å². The lowest BCUT2D eigenvalue weighted by Gasteiger charge is -2.34. The molecule has 0 aliphatic carbocycles. The van der Waals surface area contributed by atoms with E-state index >= 15 is 0 Å². The van der Waals surface area contributed by atoms with Crippen molar-refractivity contribution in [1.82, 2.24) is 29.4 Å². The molecule has 14 nitrogen and oxygen atoms in total. The molecule has 0 aromatic carbocycles. The molecule has 0 aromatic rings. The summed E-state index contributed by atoms with van der Waals surface area (Å²) in [5, 5.41) is 0. The Hall–Kier alpha value is -0.560. The number of rotatable bonds is 39. The van der Waals surface area contributed by atoms with Gasteiger partial charge in [0.15, 0.2) is 0 Å². The van der Waals surface area contributed by atoms with Gasteiger partial charge in [0.2, 0.25) is 0 Å². The van der Waals surface area contributed by atoms with Gasteiger partial charge in [-0.3, -0.25) is 9.80 Å². The van der Waals surface area contributed by atoms with Gasteiger partial charge in [0.1, 0.15) is 0 Å². The van der Waals surface area contributed by atoms with E-state index in [1.807, 2.05) is 0 Å². The van der Waals surface area contributed by atoms with Crippen molar-refractivity contribution < 1.29 is 0 Å². The van der Waals surface area contributed by atoms with Crippen LogP contribution in [0.5, 0.6) is 0 Å². The summed E-state index contributed by atoms with van der Waals surface area (Å²) in [6.45, 7) is 24.3. The zero-order chi connectivity index (χ0) is 35.5. The third kappa shape index (κ3) is 28.2. The van der Waals surface area contributed by atoms with E-state index in [4.69, 9.17) is 45.9 Å². The Bertz CT molecular complexity index is 503. The molecule has 0 saturated heterocycles. The SMILES string of the molecule is NCCCN(CCCN)CCN(CCN(CCCN)CCCN)CCN(CCN(CCCN)CCCN)CCN(CCCN)CCCN. The molecular weight excluding hydrogens is 604 g/mol. The summed E-state index contributed by atoms with van der Waals surface area (Å²) in [7, 11) is 0. The van der Waals surface area contributed by atoms with Crippen molar-refractivity contribution in [3.63, 3.8) is 0 Å². The fourth-order valence-corrected chi connectivity index (χ4v) is 5.95. The molecule has 0 saturated carbocycles. The molecule has 0 atom stereocenters. The Morgan fingerprint density at radius 2 is 0.271 bits per heavy atom. The summed E-state index contributed by atoms with van der Waals surface area (Å²) in [4.78, 5) is 15.5. The predicted molar refractivity (Wildman–Crippen MR) is 208 cm³/mol. The monoisotopic (exact) mass is 689 g/mol. The highest BCUT2D eigenvalue weighted by Gasteiger charge is 2.16. The van der Waals surface area contributed by atoms with Crippen LogP contribution in [0.15, 0.2) is 0 Å². The first-order valence-electron chi connectivity index (χ1n) is 19.5. The molecular formula is C34H84N14. The van der Waals surface area contributed by atoms with Crippen LogP contribution in [-0.2, 0) is 0 Å².